The van der Waals surface area contributed by atoms with Crippen LogP contribution in [-0.2, 0) is 9.53 Å². The molecule has 10 heteroatoms. The Morgan fingerprint density at radius 2 is 1.87 bits per heavy atom. The third-order valence-corrected chi connectivity index (χ3v) is 6.92. The first-order valence-corrected chi connectivity index (χ1v) is 12.5. The lowest BCUT2D eigenvalue weighted by atomic mass is 9.93. The number of nitro groups is 1. The highest BCUT2D eigenvalue weighted by atomic mass is 32.1. The monoisotopic (exact) mass is 529 g/mol. The van der Waals surface area contributed by atoms with Crippen molar-refractivity contribution in [1.29, 1.82) is 0 Å². The number of halogens is 1. The Morgan fingerprint density at radius 3 is 2.55 bits per heavy atom. The second-order valence-corrected chi connectivity index (χ2v) is 9.34. The maximum absolute atomic E-state index is 13.8. The number of aromatic nitrogens is 1. The first kappa shape index (κ1) is 25.0. The lowest BCUT2D eigenvalue weighted by molar-refractivity contribution is -0.384. The van der Waals surface area contributed by atoms with Gasteiger partial charge in [-0.05, 0) is 36.3 Å². The van der Waals surface area contributed by atoms with Gasteiger partial charge in [-0.15, -0.1) is 0 Å². The average Bonchev–Trinajstić information content (AvgIpc) is 3.23. The number of hydrogen-bond donors (Lipinski definition) is 0. The fourth-order valence-electron chi connectivity index (χ4n) is 4.28. The molecule has 3 aromatic carbocycles. The van der Waals surface area contributed by atoms with Crippen LogP contribution in [0.3, 0.4) is 0 Å². The molecule has 1 aromatic heterocycles. The van der Waals surface area contributed by atoms with Gasteiger partial charge in [-0.1, -0.05) is 65.9 Å². The Kier molecular flexibility index (Phi) is 6.80. The summed E-state index contributed by atoms with van der Waals surface area (Å²) in [5.41, 5.74) is 1.58. The van der Waals surface area contributed by atoms with E-state index in [2.05, 4.69) is 0 Å². The van der Waals surface area contributed by atoms with Crippen LogP contribution in [0.15, 0.2) is 94.2 Å². The van der Waals surface area contributed by atoms with Crippen LogP contribution in [0.4, 0.5) is 10.1 Å². The van der Waals surface area contributed by atoms with Crippen molar-refractivity contribution in [3.8, 4) is 0 Å². The van der Waals surface area contributed by atoms with Crippen molar-refractivity contribution in [1.82, 2.24) is 4.57 Å². The van der Waals surface area contributed by atoms with E-state index in [-0.39, 0.29) is 22.4 Å². The van der Waals surface area contributed by atoms with E-state index in [9.17, 15) is 24.1 Å². The second-order valence-electron chi connectivity index (χ2n) is 8.34. The molecule has 0 fully saturated rings. The molecule has 0 radical (unpaired) electrons. The molecule has 0 N–H and O–H groups in total. The lowest BCUT2D eigenvalue weighted by Crippen LogP contribution is -2.40. The molecule has 38 heavy (non-hydrogen) atoms. The number of hydrogen-bond acceptors (Lipinski definition) is 7. The maximum atomic E-state index is 13.8. The molecular weight excluding hydrogens is 509 g/mol. The minimum Gasteiger partial charge on any atom is -0.463 e. The summed E-state index contributed by atoms with van der Waals surface area (Å²) in [7, 11) is 0. The van der Waals surface area contributed by atoms with Gasteiger partial charge in [0.25, 0.3) is 11.2 Å². The van der Waals surface area contributed by atoms with E-state index in [1.165, 1.54) is 47.0 Å². The van der Waals surface area contributed by atoms with Gasteiger partial charge < -0.3 is 4.74 Å². The number of carbonyl (C=O) groups excluding carboxylic acids is 1. The summed E-state index contributed by atoms with van der Waals surface area (Å²) in [5.74, 6) is -1.10. The van der Waals surface area contributed by atoms with Gasteiger partial charge in [0, 0.05) is 17.7 Å². The zero-order valence-electron chi connectivity index (χ0n) is 20.0. The number of carbonyl (C=O) groups is 1. The highest BCUT2D eigenvalue weighted by Gasteiger charge is 2.35. The number of esters is 1. The molecular formula is C28H20FN3O5S. The first-order chi connectivity index (χ1) is 18.4. The van der Waals surface area contributed by atoms with Gasteiger partial charge in [0.1, 0.15) is 5.82 Å². The van der Waals surface area contributed by atoms with E-state index in [0.29, 0.717) is 27.2 Å². The van der Waals surface area contributed by atoms with Crippen molar-refractivity contribution in [3.63, 3.8) is 0 Å². The molecule has 0 spiro atoms. The van der Waals surface area contributed by atoms with Crippen LogP contribution in [0.2, 0.25) is 0 Å². The molecule has 0 unspecified atom stereocenters. The molecule has 4 aromatic rings. The highest BCUT2D eigenvalue weighted by Crippen LogP contribution is 2.35. The topological polar surface area (TPSA) is 104 Å². The van der Waals surface area contributed by atoms with Gasteiger partial charge in [0.15, 0.2) is 4.80 Å². The number of non-ortho nitro benzene ring substituents is 1. The Bertz CT molecular complexity index is 1760. The third kappa shape index (κ3) is 4.69. The maximum Gasteiger partial charge on any atom is 0.338 e. The summed E-state index contributed by atoms with van der Waals surface area (Å²) >= 11 is 1.10. The van der Waals surface area contributed by atoms with E-state index in [1.54, 1.807) is 31.2 Å². The minimum atomic E-state index is -0.937. The number of thiazole rings is 1. The van der Waals surface area contributed by atoms with Crippen LogP contribution < -0.4 is 14.9 Å². The third-order valence-electron chi connectivity index (χ3n) is 5.94. The molecule has 0 saturated carbocycles. The summed E-state index contributed by atoms with van der Waals surface area (Å²) in [6.45, 7) is 1.79. The predicted molar refractivity (Wildman–Crippen MR) is 141 cm³/mol. The molecule has 2 heterocycles. The molecule has 0 amide bonds. The van der Waals surface area contributed by atoms with Gasteiger partial charge in [-0.2, -0.15) is 0 Å². The summed E-state index contributed by atoms with van der Waals surface area (Å²) in [6.07, 6.45) is 1.55. The molecule has 5 rings (SSSR count). The zero-order chi connectivity index (χ0) is 26.8. The van der Waals surface area contributed by atoms with Crippen molar-refractivity contribution < 1.29 is 18.8 Å². The van der Waals surface area contributed by atoms with Crippen molar-refractivity contribution in [2.24, 2.45) is 4.99 Å². The smallest absolute Gasteiger partial charge is 0.338 e. The van der Waals surface area contributed by atoms with E-state index < -0.39 is 28.3 Å². The predicted octanol–water partition coefficient (Wildman–Crippen LogP) is 3.98. The summed E-state index contributed by atoms with van der Waals surface area (Å²) in [6, 6.07) is 19.6. The van der Waals surface area contributed by atoms with E-state index >= 15 is 0 Å². The van der Waals surface area contributed by atoms with Crippen molar-refractivity contribution in [2.75, 3.05) is 6.61 Å². The Labute approximate surface area is 219 Å². The fourth-order valence-corrected chi connectivity index (χ4v) is 5.28. The molecule has 0 aliphatic carbocycles. The quantitative estimate of drug-likeness (QED) is 0.214. The highest BCUT2D eigenvalue weighted by molar-refractivity contribution is 7.07. The number of nitrogens with zero attached hydrogens (tertiary/aromatic N) is 3. The van der Waals surface area contributed by atoms with Gasteiger partial charge in [0.05, 0.1) is 33.4 Å². The van der Waals surface area contributed by atoms with Crippen molar-refractivity contribution in [2.45, 2.75) is 13.0 Å². The van der Waals surface area contributed by atoms with Gasteiger partial charge >= 0.3 is 5.97 Å². The van der Waals surface area contributed by atoms with Crippen LogP contribution in [0, 0.1) is 15.9 Å². The van der Waals surface area contributed by atoms with Gasteiger partial charge in [-0.3, -0.25) is 19.5 Å². The summed E-state index contributed by atoms with van der Waals surface area (Å²) < 4.78 is 20.9. The van der Waals surface area contributed by atoms with E-state index in [0.717, 1.165) is 11.3 Å². The van der Waals surface area contributed by atoms with E-state index in [1.807, 2.05) is 18.2 Å². The minimum absolute atomic E-state index is 0.105. The number of fused-ring (bicyclic) bond motifs is 1. The molecule has 1 aliphatic heterocycles. The molecule has 1 aliphatic rings. The van der Waals surface area contributed by atoms with Crippen LogP contribution in [0.1, 0.15) is 29.7 Å². The zero-order valence-corrected chi connectivity index (χ0v) is 20.9. The fraction of sp³-hybridized carbons (Fsp3) is 0.107. The number of rotatable bonds is 6. The molecule has 8 nitrogen and oxygen atoms in total. The number of ether oxygens (including phenoxy) is 1. The first-order valence-electron chi connectivity index (χ1n) is 11.7. The van der Waals surface area contributed by atoms with Gasteiger partial charge in [0.2, 0.25) is 0 Å². The summed E-state index contributed by atoms with van der Waals surface area (Å²) in [4.78, 5) is 42.9. The van der Waals surface area contributed by atoms with E-state index in [4.69, 9.17) is 9.73 Å². The van der Waals surface area contributed by atoms with Crippen molar-refractivity contribution >= 4 is 34.8 Å². The van der Waals surface area contributed by atoms with Crippen molar-refractivity contribution in [3.05, 3.63) is 137 Å². The molecule has 0 saturated heterocycles. The Balaban J connectivity index is 1.81. The molecule has 1 atom stereocenters. The summed E-state index contributed by atoms with van der Waals surface area (Å²) in [5, 5.41) is 11.2. The van der Waals surface area contributed by atoms with Crippen LogP contribution in [-0.4, -0.2) is 22.1 Å². The van der Waals surface area contributed by atoms with Crippen LogP contribution in [0.25, 0.3) is 11.8 Å². The number of benzene rings is 3. The average molecular weight is 530 g/mol. The normalized spacial score (nSPS) is 15.1. The largest absolute Gasteiger partial charge is 0.463 e. The second kappa shape index (κ2) is 10.3. The Morgan fingerprint density at radius 1 is 1.13 bits per heavy atom. The number of nitro benzene ring substituents is 1. The standard InChI is InChI=1S/C28H20FN3O5S/c1-2-37-27(34)23-24(18-8-4-3-5-9-18)30-28-31(25(23)19-11-13-20(29)14-12-19)26(33)22(38-28)16-17-7-6-10-21(15-17)32(35)36/h3-16,25H,2H2,1H3/b22-16-/t25-/m0/s1. The molecule has 0 bridgehead atoms. The van der Waals surface area contributed by atoms with Gasteiger partial charge in [-0.25, -0.2) is 14.2 Å². The van der Waals surface area contributed by atoms with Crippen LogP contribution >= 0.6 is 11.3 Å². The Hall–Kier alpha value is -4.70. The SMILES string of the molecule is CCOC(=O)C1=C(c2ccccc2)N=c2s/c(=C\c3cccc([N+](=O)[O-])c3)c(=O)n2[C@H]1c1ccc(F)cc1. The molecule has 190 valence electrons. The lowest BCUT2D eigenvalue weighted by Gasteiger charge is -2.25. The van der Waals surface area contributed by atoms with Crippen LogP contribution in [0.5, 0.6) is 0 Å².